The molecule has 11 heteroatoms. The van der Waals surface area contributed by atoms with E-state index in [2.05, 4.69) is 4.74 Å². The normalized spacial score (nSPS) is 24.9. The first-order valence-corrected chi connectivity index (χ1v) is 12.0. The number of amides is 2. The highest BCUT2D eigenvalue weighted by molar-refractivity contribution is 6.07. The van der Waals surface area contributed by atoms with Crippen molar-refractivity contribution in [3.63, 3.8) is 0 Å². The summed E-state index contributed by atoms with van der Waals surface area (Å²) in [5, 5.41) is 9.01. The number of hydrogen-bond acceptors (Lipinski definition) is 5. The Balaban J connectivity index is 1.54. The average molecular weight is 519 g/mol. The Morgan fingerprint density at radius 1 is 1.05 bits per heavy atom. The Kier molecular flexibility index (Phi) is 6.13. The first-order chi connectivity index (χ1) is 18.0. The third-order valence-electron chi connectivity index (χ3n) is 6.84. The first-order valence-electron chi connectivity index (χ1n) is 12.5. The maximum atomic E-state index is 13.8. The minimum atomic E-state index is -4.86. The highest BCUT2D eigenvalue weighted by atomic mass is 19.4. The summed E-state index contributed by atoms with van der Waals surface area (Å²) in [4.78, 5) is 40.9. The van der Waals surface area contributed by atoms with Crippen molar-refractivity contribution in [2.24, 2.45) is 5.92 Å². The highest BCUT2D eigenvalue weighted by Crippen LogP contribution is 2.52. The van der Waals surface area contributed by atoms with Crippen LogP contribution in [0.1, 0.15) is 55.4 Å². The maximum Gasteiger partial charge on any atom is 0.573 e. The van der Waals surface area contributed by atoms with E-state index >= 15 is 0 Å². The number of carboxylic acid groups (broad SMARTS) is 1. The third kappa shape index (κ3) is 5.07. The number of carbonyl (C=O) groups excluding carboxylic acids is 2. The number of benzene rings is 2. The SMILES string of the molecule is [2H]C1(N(C(=O)OCC(=O)O)C2CC2)c2ccccc2N(C(=O)c2ccc(OC(F)(F)F)cc2)C2CCCC21. The number of anilines is 1. The van der Waals surface area contributed by atoms with Crippen LogP contribution >= 0.6 is 0 Å². The molecule has 0 radical (unpaired) electrons. The van der Waals surface area contributed by atoms with E-state index in [0.717, 1.165) is 12.1 Å². The van der Waals surface area contributed by atoms with Gasteiger partial charge < -0.3 is 19.5 Å². The van der Waals surface area contributed by atoms with Crippen molar-refractivity contribution in [2.75, 3.05) is 11.5 Å². The van der Waals surface area contributed by atoms with Crippen LogP contribution < -0.4 is 9.64 Å². The molecule has 0 aromatic heterocycles. The minimum absolute atomic E-state index is 0.150. The fraction of sp³-hybridized carbons (Fsp3) is 0.423. The smallest absolute Gasteiger partial charge is 0.479 e. The van der Waals surface area contributed by atoms with Crippen LogP contribution in [0, 0.1) is 5.92 Å². The van der Waals surface area contributed by atoms with E-state index in [0.29, 0.717) is 43.4 Å². The molecule has 37 heavy (non-hydrogen) atoms. The Bertz CT molecular complexity index is 1250. The van der Waals surface area contributed by atoms with Crippen molar-refractivity contribution in [2.45, 2.75) is 56.6 Å². The van der Waals surface area contributed by atoms with E-state index in [1.165, 1.54) is 17.0 Å². The van der Waals surface area contributed by atoms with Gasteiger partial charge in [-0.25, -0.2) is 9.59 Å². The van der Waals surface area contributed by atoms with Gasteiger partial charge in [0, 0.05) is 29.3 Å². The lowest BCUT2D eigenvalue weighted by molar-refractivity contribution is -0.274. The van der Waals surface area contributed by atoms with Crippen molar-refractivity contribution >= 4 is 23.7 Å². The number of para-hydroxylation sites is 1. The van der Waals surface area contributed by atoms with E-state index in [1.807, 2.05) is 0 Å². The number of rotatable bonds is 6. The van der Waals surface area contributed by atoms with E-state index in [1.54, 1.807) is 29.2 Å². The first kappa shape index (κ1) is 23.6. The molecule has 2 amide bonds. The highest BCUT2D eigenvalue weighted by Gasteiger charge is 2.52. The molecule has 196 valence electrons. The Labute approximate surface area is 212 Å². The van der Waals surface area contributed by atoms with Gasteiger partial charge in [-0.2, -0.15) is 0 Å². The molecule has 3 aliphatic rings. The molecular formula is C26H25F3N2O6. The van der Waals surface area contributed by atoms with E-state index < -0.39 is 54.7 Å². The van der Waals surface area contributed by atoms with Gasteiger partial charge in [-0.05, 0) is 61.6 Å². The number of nitrogens with zero attached hydrogens (tertiary/aromatic N) is 2. The zero-order valence-corrected chi connectivity index (χ0v) is 19.6. The quantitative estimate of drug-likeness (QED) is 0.568. The lowest BCUT2D eigenvalue weighted by atomic mass is 9.81. The second-order valence-corrected chi connectivity index (χ2v) is 9.30. The summed E-state index contributed by atoms with van der Waals surface area (Å²) in [7, 11) is 0. The van der Waals surface area contributed by atoms with E-state index in [-0.39, 0.29) is 11.6 Å². The Morgan fingerprint density at radius 2 is 1.76 bits per heavy atom. The summed E-state index contributed by atoms with van der Waals surface area (Å²) in [6.45, 7) is -0.827. The molecule has 8 nitrogen and oxygen atoms in total. The molecular weight excluding hydrogens is 493 g/mol. The number of fused-ring (bicyclic) bond motifs is 2. The predicted molar refractivity (Wildman–Crippen MR) is 124 cm³/mol. The molecule has 0 bridgehead atoms. The van der Waals surface area contributed by atoms with Crippen LogP contribution in [0.5, 0.6) is 5.75 Å². The number of carboxylic acids is 1. The standard InChI is InChI=1S/C26H25F3N2O6/c27-26(28,29)37-17-12-8-15(9-13-17)24(34)31-20-6-2-1-4-18(20)23(19-5-3-7-21(19)31)30(16-10-11-16)25(35)36-14-22(32)33/h1-2,4,6,8-9,12-13,16,19,21,23H,3,5,7,10-11,14H2,(H,32,33)/i23D. The Hall–Kier alpha value is -3.76. The largest absolute Gasteiger partial charge is 0.573 e. The van der Waals surface area contributed by atoms with Crippen molar-refractivity contribution < 1.29 is 43.5 Å². The van der Waals surface area contributed by atoms with E-state index in [4.69, 9.17) is 9.84 Å². The zero-order valence-electron chi connectivity index (χ0n) is 20.6. The number of hydrogen-bond donors (Lipinski definition) is 1. The molecule has 0 spiro atoms. The fourth-order valence-electron chi connectivity index (χ4n) is 5.32. The van der Waals surface area contributed by atoms with Crippen LogP contribution in [-0.4, -0.2) is 53.0 Å². The van der Waals surface area contributed by atoms with Crippen LogP contribution in [0.4, 0.5) is 23.7 Å². The second-order valence-electron chi connectivity index (χ2n) is 9.30. The second kappa shape index (κ2) is 9.60. The van der Waals surface area contributed by atoms with Gasteiger partial charge in [0.2, 0.25) is 0 Å². The van der Waals surface area contributed by atoms with Crippen LogP contribution in [0.3, 0.4) is 0 Å². The average Bonchev–Trinajstić information content (AvgIpc) is 3.56. The summed E-state index contributed by atoms with van der Waals surface area (Å²) < 4.78 is 56.4. The van der Waals surface area contributed by atoms with Crippen LogP contribution in [0.25, 0.3) is 0 Å². The molecule has 1 aliphatic heterocycles. The van der Waals surface area contributed by atoms with Gasteiger partial charge in [0.1, 0.15) is 5.75 Å². The van der Waals surface area contributed by atoms with Crippen LogP contribution in [0.15, 0.2) is 48.5 Å². The third-order valence-corrected chi connectivity index (χ3v) is 6.84. The van der Waals surface area contributed by atoms with Gasteiger partial charge in [0.25, 0.3) is 5.91 Å². The lowest BCUT2D eigenvalue weighted by Gasteiger charge is -2.47. The summed E-state index contributed by atoms with van der Waals surface area (Å²) in [6.07, 6.45) is -2.65. The van der Waals surface area contributed by atoms with Gasteiger partial charge in [0.15, 0.2) is 6.61 Å². The van der Waals surface area contributed by atoms with Gasteiger partial charge in [-0.1, -0.05) is 24.6 Å². The van der Waals surface area contributed by atoms with Crippen molar-refractivity contribution in [1.29, 1.82) is 0 Å². The van der Waals surface area contributed by atoms with Gasteiger partial charge in [-0.3, -0.25) is 9.69 Å². The van der Waals surface area contributed by atoms with Crippen molar-refractivity contribution in [3.05, 3.63) is 59.7 Å². The molecule has 1 heterocycles. The molecule has 5 rings (SSSR count). The summed E-state index contributed by atoms with van der Waals surface area (Å²) in [6, 6.07) is 9.09. The minimum Gasteiger partial charge on any atom is -0.479 e. The molecule has 3 atom stereocenters. The Morgan fingerprint density at radius 3 is 2.41 bits per heavy atom. The fourth-order valence-corrected chi connectivity index (χ4v) is 5.32. The summed E-state index contributed by atoms with van der Waals surface area (Å²) in [5.41, 5.74) is 0.980. The van der Waals surface area contributed by atoms with Gasteiger partial charge in [-0.15, -0.1) is 13.2 Å². The van der Waals surface area contributed by atoms with E-state index in [9.17, 15) is 28.9 Å². The van der Waals surface area contributed by atoms with Crippen molar-refractivity contribution in [3.8, 4) is 5.75 Å². The molecule has 2 fully saturated rings. The number of alkyl halides is 3. The number of carbonyl (C=O) groups is 3. The molecule has 2 aromatic rings. The van der Waals surface area contributed by atoms with Crippen LogP contribution in [0.2, 0.25) is 0 Å². The molecule has 1 N–H and O–H groups in total. The summed E-state index contributed by atoms with van der Waals surface area (Å²) >= 11 is 0. The molecule has 2 aromatic carbocycles. The van der Waals surface area contributed by atoms with Gasteiger partial charge >= 0.3 is 18.4 Å². The number of ether oxygens (including phenoxy) is 2. The monoisotopic (exact) mass is 519 g/mol. The predicted octanol–water partition coefficient (Wildman–Crippen LogP) is 5.14. The molecule has 0 saturated heterocycles. The number of aliphatic carboxylic acids is 1. The van der Waals surface area contributed by atoms with Crippen LogP contribution in [-0.2, 0) is 9.53 Å². The molecule has 2 aliphatic carbocycles. The summed E-state index contributed by atoms with van der Waals surface area (Å²) in [5.74, 6) is -2.69. The number of halogens is 3. The molecule has 2 saturated carbocycles. The zero-order chi connectivity index (χ0) is 27.2. The lowest BCUT2D eigenvalue weighted by Crippen LogP contribution is -2.53. The van der Waals surface area contributed by atoms with Crippen molar-refractivity contribution in [1.82, 2.24) is 4.90 Å². The van der Waals surface area contributed by atoms with Gasteiger partial charge in [0.05, 0.1) is 7.39 Å². The topological polar surface area (TPSA) is 96.4 Å². The maximum absolute atomic E-state index is 13.8. The molecule has 3 unspecified atom stereocenters.